The molecule has 4 aromatic rings. The molecule has 2 aromatic heterocycles. The van der Waals surface area contributed by atoms with E-state index in [-0.39, 0.29) is 5.91 Å². The minimum atomic E-state index is -0.0987. The summed E-state index contributed by atoms with van der Waals surface area (Å²) in [4.78, 5) is 19.7. The monoisotopic (exact) mass is 438 g/mol. The van der Waals surface area contributed by atoms with Crippen LogP contribution in [0.1, 0.15) is 49.8 Å². The van der Waals surface area contributed by atoms with Gasteiger partial charge in [0.2, 0.25) is 0 Å². The molecule has 0 spiro atoms. The molecule has 0 saturated carbocycles. The number of carbonyl (C=O) groups is 1. The summed E-state index contributed by atoms with van der Waals surface area (Å²) in [5, 5.41) is 0. The molecule has 33 heavy (non-hydrogen) atoms. The van der Waals surface area contributed by atoms with Crippen LogP contribution in [0.3, 0.4) is 0 Å². The molecule has 0 bridgehead atoms. The molecule has 4 rings (SSSR count). The van der Waals surface area contributed by atoms with Crippen molar-refractivity contribution in [1.29, 1.82) is 0 Å². The van der Waals surface area contributed by atoms with Crippen molar-refractivity contribution in [3.63, 3.8) is 0 Å². The van der Waals surface area contributed by atoms with E-state index in [0.29, 0.717) is 31.7 Å². The van der Waals surface area contributed by atoms with Crippen molar-refractivity contribution in [1.82, 2.24) is 9.88 Å². The van der Waals surface area contributed by atoms with Crippen molar-refractivity contribution in [2.45, 2.75) is 40.2 Å². The minimum absolute atomic E-state index is 0.0987. The van der Waals surface area contributed by atoms with Crippen LogP contribution in [-0.4, -0.2) is 22.3 Å². The molecular weight excluding hydrogens is 408 g/mol. The van der Waals surface area contributed by atoms with Crippen molar-refractivity contribution in [2.75, 3.05) is 6.54 Å². The summed E-state index contributed by atoms with van der Waals surface area (Å²) in [7, 11) is 0. The summed E-state index contributed by atoms with van der Waals surface area (Å²) in [5.74, 6) is 1.08. The Bertz CT molecular complexity index is 1190. The molecule has 0 aliphatic rings. The highest BCUT2D eigenvalue weighted by Crippen LogP contribution is 2.22. The maximum Gasteiger partial charge on any atom is 0.289 e. The smallest absolute Gasteiger partial charge is 0.289 e. The van der Waals surface area contributed by atoms with Gasteiger partial charge in [0.05, 0.1) is 0 Å². The number of aryl methyl sites for hydroxylation is 3. The zero-order valence-corrected chi connectivity index (χ0v) is 19.5. The van der Waals surface area contributed by atoms with Gasteiger partial charge in [0, 0.05) is 37.8 Å². The van der Waals surface area contributed by atoms with E-state index < -0.39 is 0 Å². The first-order valence-electron chi connectivity index (χ1n) is 11.4. The molecule has 0 saturated heterocycles. The molecular formula is C29H30N2O2. The van der Waals surface area contributed by atoms with Gasteiger partial charge in [0.15, 0.2) is 5.76 Å². The molecule has 1 amide bonds. The Morgan fingerprint density at radius 1 is 0.909 bits per heavy atom. The highest BCUT2D eigenvalue weighted by Gasteiger charge is 2.20. The Morgan fingerprint density at radius 2 is 1.64 bits per heavy atom. The second-order valence-corrected chi connectivity index (χ2v) is 8.60. The van der Waals surface area contributed by atoms with Gasteiger partial charge in [-0.25, -0.2) is 0 Å². The lowest BCUT2D eigenvalue weighted by atomic mass is 9.97. The number of pyridine rings is 1. The van der Waals surface area contributed by atoms with Crippen molar-refractivity contribution in [3.05, 3.63) is 124 Å². The van der Waals surface area contributed by atoms with Gasteiger partial charge in [-0.3, -0.25) is 9.78 Å². The Balaban J connectivity index is 1.52. The summed E-state index contributed by atoms with van der Waals surface area (Å²) >= 11 is 0. The van der Waals surface area contributed by atoms with Crippen LogP contribution in [0.25, 0.3) is 0 Å². The summed E-state index contributed by atoms with van der Waals surface area (Å²) in [5.41, 5.74) is 7.06. The Kier molecular flexibility index (Phi) is 7.04. The molecule has 0 unspecified atom stereocenters. The molecule has 0 N–H and O–H groups in total. The second kappa shape index (κ2) is 10.3. The number of aromatic nitrogens is 1. The predicted molar refractivity (Wildman–Crippen MR) is 131 cm³/mol. The summed E-state index contributed by atoms with van der Waals surface area (Å²) < 4.78 is 6.05. The third kappa shape index (κ3) is 5.78. The fourth-order valence-electron chi connectivity index (χ4n) is 4.26. The van der Waals surface area contributed by atoms with Gasteiger partial charge in [-0.2, -0.15) is 0 Å². The number of rotatable bonds is 8. The average Bonchev–Trinajstić information content (AvgIpc) is 3.28. The van der Waals surface area contributed by atoms with Crippen molar-refractivity contribution in [3.8, 4) is 0 Å². The molecule has 4 nitrogen and oxygen atoms in total. The van der Waals surface area contributed by atoms with Gasteiger partial charge in [-0.05, 0) is 67.3 Å². The molecule has 168 valence electrons. The van der Waals surface area contributed by atoms with Crippen LogP contribution in [0, 0.1) is 20.8 Å². The van der Waals surface area contributed by atoms with Crippen LogP contribution in [0.4, 0.5) is 0 Å². The van der Waals surface area contributed by atoms with Crippen LogP contribution in [0.5, 0.6) is 0 Å². The normalized spacial score (nSPS) is 10.9. The zero-order valence-electron chi connectivity index (χ0n) is 19.5. The lowest BCUT2D eigenvalue weighted by Crippen LogP contribution is -2.32. The van der Waals surface area contributed by atoms with E-state index in [2.05, 4.69) is 37.9 Å². The van der Waals surface area contributed by atoms with Crippen molar-refractivity contribution < 1.29 is 9.21 Å². The molecule has 0 radical (unpaired) electrons. The molecule has 2 heterocycles. The summed E-state index contributed by atoms with van der Waals surface area (Å²) in [6.45, 7) is 7.46. The van der Waals surface area contributed by atoms with Crippen molar-refractivity contribution in [2.24, 2.45) is 0 Å². The molecule has 2 aromatic carbocycles. The lowest BCUT2D eigenvalue weighted by molar-refractivity contribution is 0.0711. The van der Waals surface area contributed by atoms with Gasteiger partial charge in [0.1, 0.15) is 5.76 Å². The molecule has 0 aliphatic heterocycles. The Hall–Kier alpha value is -3.66. The van der Waals surface area contributed by atoms with Gasteiger partial charge in [0.25, 0.3) is 5.91 Å². The van der Waals surface area contributed by atoms with E-state index in [1.807, 2.05) is 59.5 Å². The number of nitrogens with zero attached hydrogens (tertiary/aromatic N) is 2. The van der Waals surface area contributed by atoms with Gasteiger partial charge in [-0.1, -0.05) is 54.1 Å². The number of hydrogen-bond acceptors (Lipinski definition) is 3. The van der Waals surface area contributed by atoms with Crippen LogP contribution >= 0.6 is 0 Å². The van der Waals surface area contributed by atoms with Gasteiger partial charge in [-0.15, -0.1) is 0 Å². The third-order valence-corrected chi connectivity index (χ3v) is 5.93. The van der Waals surface area contributed by atoms with Crippen LogP contribution in [0.15, 0.2) is 83.4 Å². The number of benzene rings is 2. The highest BCUT2D eigenvalue weighted by atomic mass is 16.4. The third-order valence-electron chi connectivity index (χ3n) is 5.93. The molecule has 0 aliphatic carbocycles. The SMILES string of the molecule is Cc1cc(C)c(Cc2ccc(C(=O)N(CCc3ccccn3)Cc3ccccc3)o2)c(C)c1. The number of hydrogen-bond donors (Lipinski definition) is 0. The average molecular weight is 439 g/mol. The van der Waals surface area contributed by atoms with E-state index in [1.165, 1.54) is 22.3 Å². The van der Waals surface area contributed by atoms with Gasteiger partial charge >= 0.3 is 0 Å². The first-order chi connectivity index (χ1) is 16.0. The minimum Gasteiger partial charge on any atom is -0.456 e. The van der Waals surface area contributed by atoms with E-state index in [9.17, 15) is 4.79 Å². The Labute approximate surface area is 195 Å². The van der Waals surface area contributed by atoms with E-state index in [0.717, 1.165) is 17.0 Å². The van der Waals surface area contributed by atoms with E-state index >= 15 is 0 Å². The fourth-order valence-corrected chi connectivity index (χ4v) is 4.26. The number of amides is 1. The van der Waals surface area contributed by atoms with Crippen LogP contribution in [-0.2, 0) is 19.4 Å². The quantitative estimate of drug-likeness (QED) is 0.335. The van der Waals surface area contributed by atoms with Crippen molar-refractivity contribution >= 4 is 5.91 Å². The highest BCUT2D eigenvalue weighted by molar-refractivity contribution is 5.91. The summed E-state index contributed by atoms with van der Waals surface area (Å²) in [6.07, 6.45) is 3.15. The Morgan fingerprint density at radius 3 is 2.33 bits per heavy atom. The maximum atomic E-state index is 13.4. The first-order valence-corrected chi connectivity index (χ1v) is 11.4. The maximum absolute atomic E-state index is 13.4. The first kappa shape index (κ1) is 22.5. The molecule has 0 atom stereocenters. The van der Waals surface area contributed by atoms with Crippen LogP contribution < -0.4 is 0 Å². The van der Waals surface area contributed by atoms with Crippen LogP contribution in [0.2, 0.25) is 0 Å². The van der Waals surface area contributed by atoms with E-state index in [1.54, 1.807) is 12.3 Å². The predicted octanol–water partition coefficient (Wildman–Crippen LogP) is 6.08. The summed E-state index contributed by atoms with van der Waals surface area (Å²) in [6, 6.07) is 24.0. The molecule has 0 fully saturated rings. The zero-order chi connectivity index (χ0) is 23.2. The van der Waals surface area contributed by atoms with Gasteiger partial charge < -0.3 is 9.32 Å². The number of furan rings is 1. The fraction of sp³-hybridized carbons (Fsp3) is 0.241. The second-order valence-electron chi connectivity index (χ2n) is 8.60. The topological polar surface area (TPSA) is 46.3 Å². The molecule has 4 heteroatoms. The largest absolute Gasteiger partial charge is 0.456 e. The lowest BCUT2D eigenvalue weighted by Gasteiger charge is -2.22. The standard InChI is InChI=1S/C29H30N2O2/c1-21-17-22(2)27(23(3)18-21)19-26-12-13-28(33-26)29(32)31(20-24-9-5-4-6-10-24)16-14-25-11-7-8-15-30-25/h4-13,15,17-18H,14,16,19-20H2,1-3H3. The number of carbonyl (C=O) groups excluding carboxylic acids is 1. The van der Waals surface area contributed by atoms with E-state index in [4.69, 9.17) is 4.42 Å².